The third kappa shape index (κ3) is 2.46. The van der Waals surface area contributed by atoms with Crippen molar-refractivity contribution in [2.45, 2.75) is 45.3 Å². The van der Waals surface area contributed by atoms with Crippen LogP contribution < -0.4 is 5.32 Å². The van der Waals surface area contributed by atoms with Crippen molar-refractivity contribution in [3.63, 3.8) is 0 Å². The quantitative estimate of drug-likeness (QED) is 0.623. The minimum absolute atomic E-state index is 0.310. The average molecular weight is 157 g/mol. The maximum absolute atomic E-state index is 5.54. The second-order valence-electron chi connectivity index (χ2n) is 3.73. The van der Waals surface area contributed by atoms with Crippen LogP contribution in [-0.2, 0) is 4.74 Å². The Kier molecular flexibility index (Phi) is 2.90. The zero-order chi connectivity index (χ0) is 8.32. The predicted octanol–water partition coefficient (Wildman–Crippen LogP) is 1.55. The van der Waals surface area contributed by atoms with Gasteiger partial charge in [-0.15, -0.1) is 0 Å². The van der Waals surface area contributed by atoms with Gasteiger partial charge in [-0.1, -0.05) is 6.92 Å². The Morgan fingerprint density at radius 3 is 3.00 bits per heavy atom. The molecule has 0 aliphatic carbocycles. The van der Waals surface area contributed by atoms with Gasteiger partial charge in [-0.05, 0) is 26.7 Å². The molecule has 2 atom stereocenters. The van der Waals surface area contributed by atoms with Crippen molar-refractivity contribution < 1.29 is 4.74 Å². The van der Waals surface area contributed by atoms with E-state index in [-0.39, 0.29) is 0 Å². The summed E-state index contributed by atoms with van der Waals surface area (Å²) in [4.78, 5) is 0. The topological polar surface area (TPSA) is 21.3 Å². The maximum atomic E-state index is 5.54. The molecule has 1 aliphatic heterocycles. The average Bonchev–Trinajstić information content (AvgIpc) is 2.15. The van der Waals surface area contributed by atoms with Gasteiger partial charge in [0.1, 0.15) is 0 Å². The summed E-state index contributed by atoms with van der Waals surface area (Å²) in [6.45, 7) is 8.51. The fourth-order valence-electron chi connectivity index (χ4n) is 1.32. The van der Waals surface area contributed by atoms with Gasteiger partial charge in [0.15, 0.2) is 0 Å². The molecular weight excluding hydrogens is 138 g/mol. The first kappa shape index (κ1) is 9.01. The fourth-order valence-corrected chi connectivity index (χ4v) is 1.32. The number of ether oxygens (including phenoxy) is 1. The van der Waals surface area contributed by atoms with E-state index in [0.717, 1.165) is 19.6 Å². The van der Waals surface area contributed by atoms with Crippen molar-refractivity contribution in [2.24, 2.45) is 0 Å². The third-order valence-corrected chi connectivity index (χ3v) is 2.65. The van der Waals surface area contributed by atoms with E-state index in [0.29, 0.717) is 11.6 Å². The molecule has 0 radical (unpaired) electrons. The van der Waals surface area contributed by atoms with Crippen LogP contribution in [0.25, 0.3) is 0 Å². The standard InChI is InChI=1S/C9H19NO/c1-4-9(3)5-6-11-8(2)7-10-9/h8,10H,4-7H2,1-3H3. The Hall–Kier alpha value is -0.0800. The highest BCUT2D eigenvalue weighted by Gasteiger charge is 2.24. The van der Waals surface area contributed by atoms with Gasteiger partial charge in [-0.3, -0.25) is 0 Å². The lowest BCUT2D eigenvalue weighted by molar-refractivity contribution is 0.0785. The molecule has 1 aliphatic rings. The van der Waals surface area contributed by atoms with Crippen LogP contribution in [0.15, 0.2) is 0 Å². The van der Waals surface area contributed by atoms with Crippen LogP contribution in [0.1, 0.15) is 33.6 Å². The van der Waals surface area contributed by atoms with E-state index in [1.54, 1.807) is 0 Å². The van der Waals surface area contributed by atoms with E-state index in [4.69, 9.17) is 4.74 Å². The molecular formula is C9H19NO. The summed E-state index contributed by atoms with van der Waals surface area (Å²) in [5.41, 5.74) is 0.310. The molecule has 2 unspecified atom stereocenters. The Morgan fingerprint density at radius 1 is 1.64 bits per heavy atom. The molecule has 0 bridgehead atoms. The number of hydrogen-bond acceptors (Lipinski definition) is 2. The Morgan fingerprint density at radius 2 is 2.36 bits per heavy atom. The first-order valence-corrected chi connectivity index (χ1v) is 4.53. The molecule has 0 spiro atoms. The summed E-state index contributed by atoms with van der Waals surface area (Å²) in [5.74, 6) is 0. The second kappa shape index (κ2) is 3.55. The number of rotatable bonds is 1. The molecule has 1 fully saturated rings. The van der Waals surface area contributed by atoms with Crippen molar-refractivity contribution in [1.82, 2.24) is 5.32 Å². The van der Waals surface area contributed by atoms with Crippen LogP contribution in [-0.4, -0.2) is 24.8 Å². The highest BCUT2D eigenvalue weighted by molar-refractivity contribution is 4.84. The molecule has 66 valence electrons. The van der Waals surface area contributed by atoms with Crippen molar-refractivity contribution in [3.8, 4) is 0 Å². The Labute approximate surface area is 69.3 Å². The lowest BCUT2D eigenvalue weighted by Crippen LogP contribution is -2.42. The van der Waals surface area contributed by atoms with E-state index in [9.17, 15) is 0 Å². The van der Waals surface area contributed by atoms with Crippen molar-refractivity contribution in [2.75, 3.05) is 13.2 Å². The van der Waals surface area contributed by atoms with Crippen LogP contribution in [0.4, 0.5) is 0 Å². The smallest absolute Gasteiger partial charge is 0.0671 e. The minimum Gasteiger partial charge on any atom is -0.377 e. The van der Waals surface area contributed by atoms with Gasteiger partial charge in [0.2, 0.25) is 0 Å². The molecule has 1 saturated heterocycles. The van der Waals surface area contributed by atoms with E-state index in [1.165, 1.54) is 6.42 Å². The summed E-state index contributed by atoms with van der Waals surface area (Å²) in [7, 11) is 0. The third-order valence-electron chi connectivity index (χ3n) is 2.65. The van der Waals surface area contributed by atoms with Crippen LogP contribution >= 0.6 is 0 Å². The van der Waals surface area contributed by atoms with Crippen LogP contribution in [0.5, 0.6) is 0 Å². The summed E-state index contributed by atoms with van der Waals surface area (Å²) in [6.07, 6.45) is 2.69. The highest BCUT2D eigenvalue weighted by Crippen LogP contribution is 2.17. The Bertz CT molecular complexity index is 127. The fraction of sp³-hybridized carbons (Fsp3) is 1.00. The van der Waals surface area contributed by atoms with Crippen LogP contribution in [0.2, 0.25) is 0 Å². The molecule has 0 aromatic heterocycles. The van der Waals surface area contributed by atoms with Crippen molar-refractivity contribution >= 4 is 0 Å². The molecule has 0 saturated carbocycles. The van der Waals surface area contributed by atoms with Crippen molar-refractivity contribution in [1.29, 1.82) is 0 Å². The molecule has 0 amide bonds. The van der Waals surface area contributed by atoms with Gasteiger partial charge in [-0.2, -0.15) is 0 Å². The zero-order valence-corrected chi connectivity index (χ0v) is 7.81. The summed E-state index contributed by atoms with van der Waals surface area (Å²) in [6, 6.07) is 0. The largest absolute Gasteiger partial charge is 0.377 e. The van der Waals surface area contributed by atoms with E-state index < -0.39 is 0 Å². The molecule has 2 heteroatoms. The predicted molar refractivity (Wildman–Crippen MR) is 46.7 cm³/mol. The summed E-state index contributed by atoms with van der Waals surface area (Å²) >= 11 is 0. The van der Waals surface area contributed by atoms with Gasteiger partial charge >= 0.3 is 0 Å². The van der Waals surface area contributed by atoms with Gasteiger partial charge in [0.25, 0.3) is 0 Å². The molecule has 1 N–H and O–H groups in total. The highest BCUT2D eigenvalue weighted by atomic mass is 16.5. The van der Waals surface area contributed by atoms with Crippen molar-refractivity contribution in [3.05, 3.63) is 0 Å². The summed E-state index contributed by atoms with van der Waals surface area (Å²) < 4.78 is 5.54. The molecule has 2 nitrogen and oxygen atoms in total. The maximum Gasteiger partial charge on any atom is 0.0671 e. The summed E-state index contributed by atoms with van der Waals surface area (Å²) in [5, 5.41) is 3.53. The molecule has 1 rings (SSSR count). The van der Waals surface area contributed by atoms with Gasteiger partial charge in [-0.25, -0.2) is 0 Å². The van der Waals surface area contributed by atoms with Crippen LogP contribution in [0.3, 0.4) is 0 Å². The number of nitrogens with one attached hydrogen (secondary N) is 1. The van der Waals surface area contributed by atoms with E-state index in [2.05, 4.69) is 26.1 Å². The van der Waals surface area contributed by atoms with Gasteiger partial charge < -0.3 is 10.1 Å². The minimum atomic E-state index is 0.310. The normalized spacial score (nSPS) is 40.1. The van der Waals surface area contributed by atoms with E-state index >= 15 is 0 Å². The van der Waals surface area contributed by atoms with Gasteiger partial charge in [0.05, 0.1) is 6.10 Å². The monoisotopic (exact) mass is 157 g/mol. The molecule has 0 aromatic rings. The SMILES string of the molecule is CCC1(C)CCOC(C)CN1. The number of hydrogen-bond donors (Lipinski definition) is 1. The zero-order valence-electron chi connectivity index (χ0n) is 7.81. The molecule has 0 aromatic carbocycles. The lowest BCUT2D eigenvalue weighted by Gasteiger charge is -2.26. The molecule has 11 heavy (non-hydrogen) atoms. The van der Waals surface area contributed by atoms with Gasteiger partial charge in [0, 0.05) is 18.7 Å². The first-order chi connectivity index (χ1) is 5.16. The second-order valence-corrected chi connectivity index (χ2v) is 3.73. The Balaban J connectivity index is 2.45. The lowest BCUT2D eigenvalue weighted by atomic mass is 9.95. The van der Waals surface area contributed by atoms with E-state index in [1.807, 2.05) is 0 Å². The molecule has 1 heterocycles. The first-order valence-electron chi connectivity index (χ1n) is 4.53. The van der Waals surface area contributed by atoms with Crippen LogP contribution in [0, 0.1) is 0 Å².